The van der Waals surface area contributed by atoms with Gasteiger partial charge in [0.25, 0.3) is 0 Å². The minimum atomic E-state index is -0.676. The molecule has 1 aliphatic carbocycles. The molecule has 21 heavy (non-hydrogen) atoms. The summed E-state index contributed by atoms with van der Waals surface area (Å²) in [5, 5.41) is 12.5. The second-order valence-corrected chi connectivity index (χ2v) is 6.27. The van der Waals surface area contributed by atoms with Crippen molar-refractivity contribution in [2.75, 3.05) is 11.9 Å². The van der Waals surface area contributed by atoms with E-state index >= 15 is 0 Å². The summed E-state index contributed by atoms with van der Waals surface area (Å²) < 4.78 is 5.90. The third-order valence-electron chi connectivity index (χ3n) is 4.24. The SMILES string of the molecule is Cc1cc2c(c(C)c1NC(=O)C1CC1)C=CC(C)(CO)O2. The lowest BCUT2D eigenvalue weighted by molar-refractivity contribution is -0.117. The number of carbonyl (C=O) groups is 1. The average Bonchev–Trinajstić information content (AvgIpc) is 3.27. The highest BCUT2D eigenvalue weighted by Gasteiger charge is 2.31. The molecule has 1 unspecified atom stereocenters. The first-order valence-corrected chi connectivity index (χ1v) is 7.38. The number of benzene rings is 1. The maximum Gasteiger partial charge on any atom is 0.227 e. The molecule has 2 N–H and O–H groups in total. The predicted octanol–water partition coefficient (Wildman–Crippen LogP) is 2.81. The van der Waals surface area contributed by atoms with E-state index in [4.69, 9.17) is 4.74 Å². The van der Waals surface area contributed by atoms with E-state index in [0.717, 1.165) is 41.0 Å². The van der Waals surface area contributed by atoms with Crippen LogP contribution < -0.4 is 10.1 Å². The van der Waals surface area contributed by atoms with Crippen LogP contribution in [-0.2, 0) is 4.79 Å². The summed E-state index contributed by atoms with van der Waals surface area (Å²) >= 11 is 0. The summed E-state index contributed by atoms with van der Waals surface area (Å²) in [6, 6.07) is 1.93. The van der Waals surface area contributed by atoms with Gasteiger partial charge in [-0.1, -0.05) is 6.08 Å². The van der Waals surface area contributed by atoms with E-state index in [2.05, 4.69) is 5.32 Å². The number of hydrogen-bond acceptors (Lipinski definition) is 3. The molecular weight excluding hydrogens is 266 g/mol. The lowest BCUT2D eigenvalue weighted by Gasteiger charge is -2.31. The Bertz CT molecular complexity index is 631. The van der Waals surface area contributed by atoms with Crippen LogP contribution in [0.25, 0.3) is 6.08 Å². The molecule has 1 fully saturated rings. The number of aliphatic hydroxyl groups is 1. The molecule has 0 radical (unpaired) electrons. The van der Waals surface area contributed by atoms with Gasteiger partial charge in [0.2, 0.25) is 5.91 Å². The van der Waals surface area contributed by atoms with Crippen LogP contribution in [0.1, 0.15) is 36.5 Å². The van der Waals surface area contributed by atoms with Crippen molar-refractivity contribution in [3.05, 3.63) is 28.8 Å². The van der Waals surface area contributed by atoms with E-state index in [1.165, 1.54) is 0 Å². The molecule has 3 rings (SSSR count). The molecule has 1 atom stereocenters. The van der Waals surface area contributed by atoms with Crippen LogP contribution in [0.4, 0.5) is 5.69 Å². The number of nitrogens with one attached hydrogen (secondary N) is 1. The fraction of sp³-hybridized carbons (Fsp3) is 0.471. The molecule has 1 heterocycles. The van der Waals surface area contributed by atoms with E-state index in [1.807, 2.05) is 39.0 Å². The van der Waals surface area contributed by atoms with Crippen LogP contribution >= 0.6 is 0 Å². The third kappa shape index (κ3) is 2.56. The number of aryl methyl sites for hydroxylation is 1. The number of ether oxygens (including phenoxy) is 1. The molecule has 1 aliphatic heterocycles. The summed E-state index contributed by atoms with van der Waals surface area (Å²) in [4.78, 5) is 12.0. The summed E-state index contributed by atoms with van der Waals surface area (Å²) in [6.07, 6.45) is 5.82. The van der Waals surface area contributed by atoms with E-state index in [-0.39, 0.29) is 18.4 Å². The highest BCUT2D eigenvalue weighted by molar-refractivity contribution is 5.96. The smallest absolute Gasteiger partial charge is 0.227 e. The standard InChI is InChI=1S/C17H21NO3/c1-10-8-14-13(6-7-17(3,9-19)21-14)11(2)15(10)18-16(20)12-4-5-12/h6-8,12,19H,4-5,9H2,1-3H3,(H,18,20). The molecule has 1 aromatic carbocycles. The maximum atomic E-state index is 12.0. The largest absolute Gasteiger partial charge is 0.480 e. The zero-order valence-corrected chi connectivity index (χ0v) is 12.7. The lowest BCUT2D eigenvalue weighted by atomic mass is 9.95. The number of amides is 1. The Hall–Kier alpha value is -1.81. The van der Waals surface area contributed by atoms with Crippen molar-refractivity contribution in [2.45, 2.75) is 39.2 Å². The molecule has 4 nitrogen and oxygen atoms in total. The van der Waals surface area contributed by atoms with E-state index < -0.39 is 5.60 Å². The Morgan fingerprint density at radius 2 is 2.19 bits per heavy atom. The van der Waals surface area contributed by atoms with E-state index in [1.54, 1.807) is 0 Å². The van der Waals surface area contributed by atoms with Crippen molar-refractivity contribution in [3.8, 4) is 5.75 Å². The first kappa shape index (κ1) is 14.1. The predicted molar refractivity (Wildman–Crippen MR) is 82.4 cm³/mol. The van der Waals surface area contributed by atoms with Crippen LogP contribution in [0.3, 0.4) is 0 Å². The fourth-order valence-electron chi connectivity index (χ4n) is 2.65. The molecule has 2 aliphatic rings. The molecule has 0 bridgehead atoms. The molecule has 1 aromatic rings. The summed E-state index contributed by atoms with van der Waals surface area (Å²) in [5.41, 5.74) is 3.17. The van der Waals surface area contributed by atoms with Gasteiger partial charge in [0.15, 0.2) is 0 Å². The van der Waals surface area contributed by atoms with Gasteiger partial charge >= 0.3 is 0 Å². The minimum absolute atomic E-state index is 0.0683. The van der Waals surface area contributed by atoms with Crippen molar-refractivity contribution in [3.63, 3.8) is 0 Å². The lowest BCUT2D eigenvalue weighted by Crippen LogP contribution is -2.36. The highest BCUT2D eigenvalue weighted by Crippen LogP contribution is 2.39. The van der Waals surface area contributed by atoms with Crippen molar-refractivity contribution < 1.29 is 14.6 Å². The molecule has 0 spiro atoms. The molecule has 1 amide bonds. The van der Waals surface area contributed by atoms with Crippen molar-refractivity contribution in [1.29, 1.82) is 0 Å². The zero-order valence-electron chi connectivity index (χ0n) is 12.7. The van der Waals surface area contributed by atoms with E-state index in [9.17, 15) is 9.90 Å². The molecule has 1 saturated carbocycles. The first-order chi connectivity index (χ1) is 9.93. The van der Waals surface area contributed by atoms with Crippen molar-refractivity contribution in [1.82, 2.24) is 0 Å². The monoisotopic (exact) mass is 287 g/mol. The normalized spacial score (nSPS) is 23.4. The number of rotatable bonds is 3. The summed E-state index contributed by atoms with van der Waals surface area (Å²) in [6.45, 7) is 5.73. The Morgan fingerprint density at radius 3 is 2.81 bits per heavy atom. The molecule has 4 heteroatoms. The van der Waals surface area contributed by atoms with Gasteiger partial charge in [-0.25, -0.2) is 0 Å². The second-order valence-electron chi connectivity index (χ2n) is 6.27. The van der Waals surface area contributed by atoms with Crippen LogP contribution in [-0.4, -0.2) is 23.2 Å². The van der Waals surface area contributed by atoms with Crippen molar-refractivity contribution in [2.24, 2.45) is 5.92 Å². The minimum Gasteiger partial charge on any atom is -0.480 e. The number of aliphatic hydroxyl groups excluding tert-OH is 1. The number of carbonyl (C=O) groups excluding carboxylic acids is 1. The van der Waals surface area contributed by atoms with Crippen LogP contribution in [0.2, 0.25) is 0 Å². The summed E-state index contributed by atoms with van der Waals surface area (Å²) in [7, 11) is 0. The average molecular weight is 287 g/mol. The van der Waals surface area contributed by atoms with Gasteiger partial charge in [0.05, 0.1) is 6.61 Å². The zero-order chi connectivity index (χ0) is 15.2. The van der Waals surface area contributed by atoms with E-state index in [0.29, 0.717) is 0 Å². The Balaban J connectivity index is 1.97. The topological polar surface area (TPSA) is 58.6 Å². The van der Waals surface area contributed by atoms with Crippen LogP contribution in [0.15, 0.2) is 12.1 Å². The second kappa shape index (κ2) is 4.88. The number of hydrogen-bond donors (Lipinski definition) is 2. The molecular formula is C17H21NO3. The molecule has 112 valence electrons. The van der Waals surface area contributed by atoms with Gasteiger partial charge in [-0.05, 0) is 56.9 Å². The van der Waals surface area contributed by atoms with Gasteiger partial charge < -0.3 is 15.2 Å². The van der Waals surface area contributed by atoms with Gasteiger partial charge in [0.1, 0.15) is 11.4 Å². The Labute approximate surface area is 124 Å². The van der Waals surface area contributed by atoms with Gasteiger partial charge in [-0.3, -0.25) is 4.79 Å². The molecule has 0 saturated heterocycles. The van der Waals surface area contributed by atoms with Gasteiger partial charge in [0, 0.05) is 17.2 Å². The van der Waals surface area contributed by atoms with Gasteiger partial charge in [-0.15, -0.1) is 0 Å². The van der Waals surface area contributed by atoms with Gasteiger partial charge in [-0.2, -0.15) is 0 Å². The summed E-state index contributed by atoms with van der Waals surface area (Å²) in [5.74, 6) is 1.06. The first-order valence-electron chi connectivity index (χ1n) is 7.38. The fourth-order valence-corrected chi connectivity index (χ4v) is 2.65. The maximum absolute atomic E-state index is 12.0. The quantitative estimate of drug-likeness (QED) is 0.898. The Morgan fingerprint density at radius 1 is 1.48 bits per heavy atom. The number of anilines is 1. The number of fused-ring (bicyclic) bond motifs is 1. The highest BCUT2D eigenvalue weighted by atomic mass is 16.5. The molecule has 0 aromatic heterocycles. The van der Waals surface area contributed by atoms with Crippen LogP contribution in [0, 0.1) is 19.8 Å². The van der Waals surface area contributed by atoms with Crippen LogP contribution in [0.5, 0.6) is 5.75 Å². The van der Waals surface area contributed by atoms with Crippen molar-refractivity contribution >= 4 is 17.7 Å². The Kier molecular flexibility index (Phi) is 3.29. The third-order valence-corrected chi connectivity index (χ3v) is 4.24.